The van der Waals surface area contributed by atoms with Crippen LogP contribution in [0.25, 0.3) is 16.9 Å². The maximum absolute atomic E-state index is 13.6. The van der Waals surface area contributed by atoms with Gasteiger partial charge in [-0.1, -0.05) is 58.7 Å². The Morgan fingerprint density at radius 1 is 1.00 bits per heavy atom. The molecular formula is C27H21Cl2N7O4. The summed E-state index contributed by atoms with van der Waals surface area (Å²) >= 11 is 12.2. The molecule has 3 aromatic heterocycles. The summed E-state index contributed by atoms with van der Waals surface area (Å²) in [5.74, 6) is -1.30. The summed E-state index contributed by atoms with van der Waals surface area (Å²) in [4.78, 5) is 42.5. The highest BCUT2D eigenvalue weighted by atomic mass is 35.5. The highest BCUT2D eigenvalue weighted by Gasteiger charge is 2.24. The Hall–Kier alpha value is -4.61. The molecular weight excluding hydrogens is 557 g/mol. The minimum Gasteiger partial charge on any atom is -0.480 e. The Bertz CT molecular complexity index is 1750. The molecule has 202 valence electrons. The van der Waals surface area contributed by atoms with E-state index in [9.17, 15) is 14.4 Å². The van der Waals surface area contributed by atoms with Gasteiger partial charge in [0.05, 0.1) is 30.1 Å². The van der Waals surface area contributed by atoms with Gasteiger partial charge in [-0.3, -0.25) is 23.6 Å². The lowest BCUT2D eigenvalue weighted by Gasteiger charge is -2.19. The number of nitrogens with zero attached hydrogens (tertiary/aromatic N) is 7. The van der Waals surface area contributed by atoms with Crippen molar-refractivity contribution >= 4 is 35.0 Å². The molecule has 13 heteroatoms. The zero-order valence-corrected chi connectivity index (χ0v) is 22.3. The van der Waals surface area contributed by atoms with Crippen molar-refractivity contribution in [1.29, 1.82) is 0 Å². The van der Waals surface area contributed by atoms with E-state index in [1.54, 1.807) is 18.2 Å². The number of Topliss-reactive ketones (excluding diaryl/α,β-unsaturated/α-hetero) is 1. The monoisotopic (exact) mass is 577 g/mol. The molecule has 3 heterocycles. The molecule has 0 amide bonds. The van der Waals surface area contributed by atoms with E-state index in [2.05, 4.69) is 20.4 Å². The van der Waals surface area contributed by atoms with Crippen molar-refractivity contribution in [2.75, 3.05) is 0 Å². The zero-order chi connectivity index (χ0) is 28.2. The van der Waals surface area contributed by atoms with Crippen LogP contribution in [0.2, 0.25) is 10.2 Å². The Morgan fingerprint density at radius 2 is 1.80 bits per heavy atom. The van der Waals surface area contributed by atoms with Crippen molar-refractivity contribution in [3.05, 3.63) is 111 Å². The highest BCUT2D eigenvalue weighted by molar-refractivity contribution is 6.31. The standard InChI is InChI=1S/C27H21Cl2N7O4/c28-19-6-7-22(36-14-25(29)32-33-36)20(10-19)21-11-26(38)35(16-30-21)23(8-17-4-2-1-3-5-17)24(37)9-18-12-31-34(13-18)15-27(39)40/h1-7,10-14,16,23H,8-9,15H2,(H,39,40)/t23-/m0/s1. The molecule has 2 aromatic carbocycles. The van der Waals surface area contributed by atoms with Gasteiger partial charge in [0.15, 0.2) is 10.9 Å². The summed E-state index contributed by atoms with van der Waals surface area (Å²) in [6.07, 6.45) is 6.02. The van der Waals surface area contributed by atoms with Crippen LogP contribution in [0.15, 0.2) is 84.3 Å². The van der Waals surface area contributed by atoms with Gasteiger partial charge in [-0.05, 0) is 29.3 Å². The Morgan fingerprint density at radius 3 is 2.50 bits per heavy atom. The number of aliphatic carboxylic acids is 1. The number of hydrogen-bond acceptors (Lipinski definition) is 7. The fourth-order valence-electron chi connectivity index (χ4n) is 4.31. The van der Waals surface area contributed by atoms with Gasteiger partial charge in [0.1, 0.15) is 12.6 Å². The quantitative estimate of drug-likeness (QED) is 0.265. The Labute approximate surface area is 237 Å². The van der Waals surface area contributed by atoms with Crippen molar-refractivity contribution in [1.82, 2.24) is 34.3 Å². The molecule has 1 N–H and O–H groups in total. The van der Waals surface area contributed by atoms with E-state index in [-0.39, 0.29) is 30.3 Å². The highest BCUT2D eigenvalue weighted by Crippen LogP contribution is 2.28. The van der Waals surface area contributed by atoms with Gasteiger partial charge in [-0.15, -0.1) is 5.10 Å². The number of carbonyl (C=O) groups is 2. The smallest absolute Gasteiger partial charge is 0.325 e. The van der Waals surface area contributed by atoms with Crippen molar-refractivity contribution < 1.29 is 14.7 Å². The third-order valence-corrected chi connectivity index (χ3v) is 6.53. The SMILES string of the molecule is O=C(O)Cn1cc(CC(=O)[C@H](Cc2ccccc2)n2cnc(-c3cc(Cl)ccc3-n3cc(Cl)nn3)cc2=O)cn1. The maximum atomic E-state index is 13.6. The van der Waals surface area contributed by atoms with Crippen molar-refractivity contribution in [3.8, 4) is 16.9 Å². The van der Waals surface area contributed by atoms with E-state index < -0.39 is 17.6 Å². The van der Waals surface area contributed by atoms with Gasteiger partial charge in [0, 0.05) is 35.7 Å². The number of ketones is 1. The van der Waals surface area contributed by atoms with E-state index in [1.165, 1.54) is 44.9 Å². The lowest BCUT2D eigenvalue weighted by atomic mass is 9.98. The fourth-order valence-corrected chi connectivity index (χ4v) is 4.61. The normalized spacial score (nSPS) is 11.8. The Kier molecular flexibility index (Phi) is 7.85. The maximum Gasteiger partial charge on any atom is 0.325 e. The van der Waals surface area contributed by atoms with Crippen LogP contribution in [0, 0.1) is 0 Å². The average Bonchev–Trinajstić information content (AvgIpc) is 3.56. The van der Waals surface area contributed by atoms with E-state index >= 15 is 0 Å². The molecule has 0 saturated carbocycles. The first-order chi connectivity index (χ1) is 19.3. The number of hydrogen-bond donors (Lipinski definition) is 1. The van der Waals surface area contributed by atoms with Crippen LogP contribution < -0.4 is 5.56 Å². The van der Waals surface area contributed by atoms with Crippen molar-refractivity contribution in [2.24, 2.45) is 0 Å². The number of benzene rings is 2. The second-order valence-corrected chi connectivity index (χ2v) is 9.78. The first-order valence-electron chi connectivity index (χ1n) is 12.0. The zero-order valence-electron chi connectivity index (χ0n) is 20.8. The molecule has 0 aliphatic rings. The largest absolute Gasteiger partial charge is 0.480 e. The summed E-state index contributed by atoms with van der Waals surface area (Å²) in [5, 5.41) is 21.4. The predicted molar refractivity (Wildman–Crippen MR) is 147 cm³/mol. The number of carbonyl (C=O) groups excluding carboxylic acids is 1. The van der Waals surface area contributed by atoms with Crippen LogP contribution in [-0.4, -0.2) is 51.2 Å². The lowest BCUT2D eigenvalue weighted by molar-refractivity contribution is -0.137. The van der Waals surface area contributed by atoms with Gasteiger partial charge in [0.25, 0.3) is 5.56 Å². The molecule has 0 bridgehead atoms. The van der Waals surface area contributed by atoms with Gasteiger partial charge in [-0.2, -0.15) is 5.10 Å². The fraction of sp³-hybridized carbons (Fsp3) is 0.148. The van der Waals surface area contributed by atoms with Gasteiger partial charge >= 0.3 is 5.97 Å². The van der Waals surface area contributed by atoms with Crippen LogP contribution in [0.4, 0.5) is 0 Å². The summed E-state index contributed by atoms with van der Waals surface area (Å²) in [7, 11) is 0. The number of aromatic nitrogens is 7. The molecule has 1 atom stereocenters. The molecule has 5 aromatic rings. The number of halogens is 2. The number of carboxylic acid groups (broad SMARTS) is 1. The average molecular weight is 578 g/mol. The number of rotatable bonds is 10. The second-order valence-electron chi connectivity index (χ2n) is 8.96. The van der Waals surface area contributed by atoms with Gasteiger partial charge in [-0.25, -0.2) is 9.67 Å². The third kappa shape index (κ3) is 6.16. The van der Waals surface area contributed by atoms with Crippen LogP contribution >= 0.6 is 23.2 Å². The molecule has 0 aliphatic carbocycles. The molecule has 0 radical (unpaired) electrons. The molecule has 0 fully saturated rings. The molecule has 0 aliphatic heterocycles. The van der Waals surface area contributed by atoms with E-state index in [0.717, 1.165) is 5.56 Å². The molecule has 0 saturated heterocycles. The summed E-state index contributed by atoms with van der Waals surface area (Å²) in [5.41, 5.74) is 2.36. The summed E-state index contributed by atoms with van der Waals surface area (Å²) in [6, 6.07) is 14.8. The van der Waals surface area contributed by atoms with Gasteiger partial charge in [0.2, 0.25) is 0 Å². The summed E-state index contributed by atoms with van der Waals surface area (Å²) < 4.78 is 4.00. The van der Waals surface area contributed by atoms with Crippen LogP contribution in [0.5, 0.6) is 0 Å². The molecule has 40 heavy (non-hydrogen) atoms. The van der Waals surface area contributed by atoms with Crippen LogP contribution in [0.3, 0.4) is 0 Å². The first-order valence-corrected chi connectivity index (χ1v) is 12.8. The van der Waals surface area contributed by atoms with E-state index in [4.69, 9.17) is 28.3 Å². The predicted octanol–water partition coefficient (Wildman–Crippen LogP) is 3.67. The van der Waals surface area contributed by atoms with E-state index in [0.29, 0.717) is 27.5 Å². The van der Waals surface area contributed by atoms with Crippen LogP contribution in [0.1, 0.15) is 17.2 Å². The molecule has 0 spiro atoms. The first kappa shape index (κ1) is 27.0. The summed E-state index contributed by atoms with van der Waals surface area (Å²) in [6.45, 7) is -0.321. The second kappa shape index (κ2) is 11.6. The van der Waals surface area contributed by atoms with Crippen molar-refractivity contribution in [2.45, 2.75) is 25.4 Å². The molecule has 0 unspecified atom stereocenters. The minimum absolute atomic E-state index is 0.0448. The molecule has 5 rings (SSSR count). The minimum atomic E-state index is -1.05. The van der Waals surface area contributed by atoms with Crippen LogP contribution in [-0.2, 0) is 29.0 Å². The van der Waals surface area contributed by atoms with Gasteiger partial charge < -0.3 is 5.11 Å². The topological polar surface area (TPSA) is 138 Å². The third-order valence-electron chi connectivity index (χ3n) is 6.12. The van der Waals surface area contributed by atoms with Crippen molar-refractivity contribution in [3.63, 3.8) is 0 Å². The Balaban J connectivity index is 1.50. The molecule has 11 nitrogen and oxygen atoms in total. The lowest BCUT2D eigenvalue weighted by Crippen LogP contribution is -2.32. The van der Waals surface area contributed by atoms with E-state index in [1.807, 2.05) is 30.3 Å². The number of carboxylic acids is 1.